The molecule has 0 aromatic heterocycles. The van der Waals surface area contributed by atoms with E-state index in [1.54, 1.807) is 20.1 Å². The molecule has 0 radical (unpaired) electrons. The summed E-state index contributed by atoms with van der Waals surface area (Å²) in [5, 5.41) is 14.1. The third-order valence-corrected chi connectivity index (χ3v) is 9.99. The Morgan fingerprint density at radius 2 is 1.82 bits per heavy atom. The van der Waals surface area contributed by atoms with E-state index in [1.807, 2.05) is 54.6 Å². The summed E-state index contributed by atoms with van der Waals surface area (Å²) in [6, 6.07) is 17.2. The number of hydrogen-bond acceptors (Lipinski definition) is 6. The Bertz CT molecular complexity index is 1390. The van der Waals surface area contributed by atoms with Gasteiger partial charge >= 0.3 is 0 Å². The molecule has 1 unspecified atom stereocenters. The highest BCUT2D eigenvalue weighted by Gasteiger charge is 2.39. The minimum atomic E-state index is -3.87. The maximum absolute atomic E-state index is 13.6. The highest BCUT2D eigenvalue weighted by molar-refractivity contribution is 7.91. The number of methoxy groups -OCH3 is 1. The molecule has 2 aromatic rings. The van der Waals surface area contributed by atoms with Crippen LogP contribution in [0.15, 0.2) is 78.4 Å². The van der Waals surface area contributed by atoms with E-state index < -0.39 is 26.8 Å². The fraction of sp³-hybridized carbons (Fsp3) is 0.419. The number of ether oxygens (including phenoxy) is 1. The summed E-state index contributed by atoms with van der Waals surface area (Å²) in [4.78, 5) is 25.2. The van der Waals surface area contributed by atoms with Crippen molar-refractivity contribution in [2.75, 3.05) is 13.7 Å². The first kappa shape index (κ1) is 29.9. The van der Waals surface area contributed by atoms with E-state index in [1.165, 1.54) is 19.1 Å². The molecule has 0 aliphatic heterocycles. The van der Waals surface area contributed by atoms with E-state index in [9.17, 15) is 23.1 Å². The van der Waals surface area contributed by atoms with Gasteiger partial charge in [-0.05, 0) is 49.8 Å². The van der Waals surface area contributed by atoms with E-state index >= 15 is 0 Å². The van der Waals surface area contributed by atoms with Gasteiger partial charge in [0, 0.05) is 31.6 Å². The van der Waals surface area contributed by atoms with Crippen LogP contribution in [0.4, 0.5) is 0 Å². The van der Waals surface area contributed by atoms with Gasteiger partial charge in [-0.15, -0.1) is 0 Å². The fourth-order valence-electron chi connectivity index (χ4n) is 5.36. The Kier molecular flexibility index (Phi) is 9.41. The summed E-state index contributed by atoms with van der Waals surface area (Å²) in [5.41, 5.74) is 3.57. The van der Waals surface area contributed by atoms with Crippen molar-refractivity contribution < 1.29 is 27.9 Å². The number of Topliss-reactive ketones (excluding diaryl/α,β-unsaturated/α-hetero) is 1. The molecule has 5 atom stereocenters. The lowest BCUT2D eigenvalue weighted by Gasteiger charge is -2.29. The van der Waals surface area contributed by atoms with Crippen molar-refractivity contribution in [3.63, 3.8) is 0 Å². The van der Waals surface area contributed by atoms with E-state index in [4.69, 9.17) is 4.74 Å². The second kappa shape index (κ2) is 12.6. The molecule has 2 aliphatic carbocycles. The number of nitrogens with one attached hydrogen (secondary N) is 2. The number of fused-ring (bicyclic) bond motifs is 1. The first-order chi connectivity index (χ1) is 19.0. The van der Waals surface area contributed by atoms with Crippen molar-refractivity contribution in [1.29, 1.82) is 0 Å². The number of aliphatic hydroxyl groups excluding tert-OH is 1. The fourth-order valence-corrected chi connectivity index (χ4v) is 6.65. The molecule has 0 saturated carbocycles. The Morgan fingerprint density at radius 3 is 2.48 bits per heavy atom. The third kappa shape index (κ3) is 6.78. The van der Waals surface area contributed by atoms with Crippen LogP contribution < -0.4 is 10.0 Å². The van der Waals surface area contributed by atoms with Crippen LogP contribution >= 0.6 is 0 Å². The van der Waals surface area contributed by atoms with Crippen LogP contribution in [-0.4, -0.2) is 55.8 Å². The SMILES string of the molecule is CO[C@H]1Cc2ccccc2[C@@H]1NC(=O)[C@H](Cc1ccccc1)C[C@H](O)CNS(=O)(=O)C1(C)C=CC(C(C)=O)=CC1. The van der Waals surface area contributed by atoms with E-state index in [0.29, 0.717) is 18.4 Å². The zero-order valence-corrected chi connectivity index (χ0v) is 24.0. The lowest BCUT2D eigenvalue weighted by atomic mass is 9.92. The molecule has 214 valence electrons. The Hall–Kier alpha value is -3.11. The van der Waals surface area contributed by atoms with Crippen LogP contribution in [0.2, 0.25) is 0 Å². The van der Waals surface area contributed by atoms with Crippen molar-refractivity contribution in [2.45, 2.75) is 62.5 Å². The maximum atomic E-state index is 13.6. The molecule has 4 rings (SSSR count). The Morgan fingerprint density at radius 1 is 1.12 bits per heavy atom. The topological polar surface area (TPSA) is 122 Å². The molecule has 0 spiro atoms. The zero-order chi connectivity index (χ0) is 28.9. The highest BCUT2D eigenvalue weighted by atomic mass is 32.2. The summed E-state index contributed by atoms with van der Waals surface area (Å²) in [7, 11) is -2.24. The summed E-state index contributed by atoms with van der Waals surface area (Å²) >= 11 is 0. The van der Waals surface area contributed by atoms with Gasteiger partial charge in [-0.25, -0.2) is 13.1 Å². The maximum Gasteiger partial charge on any atom is 0.224 e. The van der Waals surface area contributed by atoms with E-state index in [0.717, 1.165) is 16.7 Å². The monoisotopic (exact) mass is 566 g/mol. The minimum absolute atomic E-state index is 0.0657. The number of benzene rings is 2. The number of aliphatic hydroxyl groups is 1. The Labute approximate surface area is 236 Å². The molecule has 1 amide bonds. The number of carbonyl (C=O) groups is 2. The van der Waals surface area contributed by atoms with Crippen molar-refractivity contribution in [3.8, 4) is 0 Å². The normalized spacial score (nSPS) is 23.6. The molecule has 0 bridgehead atoms. The summed E-state index contributed by atoms with van der Waals surface area (Å²) in [6.45, 7) is 2.77. The standard InChI is InChI=1S/C31H38N2O6S/c1-21(34)23-13-15-31(2,16-14-23)40(37,38)32-20-26(35)18-25(17-22-9-5-4-6-10-22)30(36)33-29-27-12-8-7-11-24(27)19-28(29)39-3/h4-15,25-26,28-29,32,35H,16-20H2,1-3H3,(H,33,36)/t25-,26+,28+,29+,31?/m1/s1. The number of sulfonamides is 1. The third-order valence-electron chi connectivity index (χ3n) is 7.91. The van der Waals surface area contributed by atoms with Gasteiger partial charge in [0.1, 0.15) is 4.75 Å². The zero-order valence-electron chi connectivity index (χ0n) is 23.2. The predicted octanol–water partition coefficient (Wildman–Crippen LogP) is 3.18. The molecule has 2 aliphatic rings. The van der Waals surface area contributed by atoms with Crippen LogP contribution in [0, 0.1) is 5.92 Å². The van der Waals surface area contributed by atoms with Crippen LogP contribution in [0.5, 0.6) is 0 Å². The molecule has 40 heavy (non-hydrogen) atoms. The van der Waals surface area contributed by atoms with Crippen LogP contribution in [0.3, 0.4) is 0 Å². The van der Waals surface area contributed by atoms with Gasteiger partial charge in [0.15, 0.2) is 5.78 Å². The number of amides is 1. The van der Waals surface area contributed by atoms with Crippen molar-refractivity contribution in [2.24, 2.45) is 5.92 Å². The number of allylic oxidation sites excluding steroid dienone is 3. The lowest BCUT2D eigenvalue weighted by Crippen LogP contribution is -2.46. The van der Waals surface area contributed by atoms with Crippen LogP contribution in [0.1, 0.15) is 49.4 Å². The highest BCUT2D eigenvalue weighted by Crippen LogP contribution is 2.34. The Balaban J connectivity index is 1.44. The lowest BCUT2D eigenvalue weighted by molar-refractivity contribution is -0.127. The minimum Gasteiger partial charge on any atom is -0.392 e. The van der Waals surface area contributed by atoms with Gasteiger partial charge in [-0.1, -0.05) is 72.8 Å². The molecule has 8 nitrogen and oxygen atoms in total. The summed E-state index contributed by atoms with van der Waals surface area (Å²) in [6.07, 6.45) is 4.66. The van der Waals surface area contributed by atoms with Crippen LogP contribution in [-0.2, 0) is 37.2 Å². The van der Waals surface area contributed by atoms with Gasteiger partial charge in [0.2, 0.25) is 15.9 Å². The average Bonchev–Trinajstić information content (AvgIpc) is 3.29. The van der Waals surface area contributed by atoms with Gasteiger partial charge in [0.05, 0.1) is 18.2 Å². The van der Waals surface area contributed by atoms with Crippen molar-refractivity contribution in [1.82, 2.24) is 10.0 Å². The predicted molar refractivity (Wildman–Crippen MR) is 154 cm³/mol. The first-order valence-corrected chi connectivity index (χ1v) is 15.0. The molecule has 9 heteroatoms. The second-order valence-corrected chi connectivity index (χ2v) is 13.1. The number of carbonyl (C=O) groups excluding carboxylic acids is 2. The van der Waals surface area contributed by atoms with Crippen LogP contribution in [0.25, 0.3) is 0 Å². The van der Waals surface area contributed by atoms with E-state index in [-0.39, 0.29) is 43.2 Å². The van der Waals surface area contributed by atoms with Crippen molar-refractivity contribution >= 4 is 21.7 Å². The molecule has 0 saturated heterocycles. The summed E-state index contributed by atoms with van der Waals surface area (Å²) < 4.78 is 33.2. The number of rotatable bonds is 12. The molecule has 3 N–H and O–H groups in total. The van der Waals surface area contributed by atoms with E-state index in [2.05, 4.69) is 10.0 Å². The first-order valence-electron chi connectivity index (χ1n) is 13.6. The smallest absolute Gasteiger partial charge is 0.224 e. The van der Waals surface area contributed by atoms with Gasteiger partial charge in [0.25, 0.3) is 0 Å². The van der Waals surface area contributed by atoms with Gasteiger partial charge in [-0.3, -0.25) is 9.59 Å². The second-order valence-electron chi connectivity index (χ2n) is 10.9. The molecule has 0 heterocycles. The largest absolute Gasteiger partial charge is 0.392 e. The average molecular weight is 567 g/mol. The molecule has 0 fully saturated rings. The molecular weight excluding hydrogens is 528 g/mol. The van der Waals surface area contributed by atoms with Gasteiger partial charge < -0.3 is 15.2 Å². The number of hydrogen-bond donors (Lipinski definition) is 3. The summed E-state index contributed by atoms with van der Waals surface area (Å²) in [5.74, 6) is -0.947. The van der Waals surface area contributed by atoms with Gasteiger partial charge in [-0.2, -0.15) is 0 Å². The number of ketones is 1. The quantitative estimate of drug-likeness (QED) is 0.363. The van der Waals surface area contributed by atoms with Crippen molar-refractivity contribution in [3.05, 3.63) is 95.1 Å². The molecular formula is C31H38N2O6S. The molecule has 2 aromatic carbocycles.